The van der Waals surface area contributed by atoms with Crippen molar-refractivity contribution < 1.29 is 19.1 Å². The molecule has 2 amide bonds. The zero-order valence-electron chi connectivity index (χ0n) is 20.8. The van der Waals surface area contributed by atoms with E-state index in [-0.39, 0.29) is 24.1 Å². The number of hydrogen-bond acceptors (Lipinski definition) is 9. The van der Waals surface area contributed by atoms with Crippen molar-refractivity contribution in [3.8, 4) is 5.75 Å². The van der Waals surface area contributed by atoms with Crippen molar-refractivity contribution in [2.24, 2.45) is 10.2 Å². The first-order valence-electron chi connectivity index (χ1n) is 12.0. The molecule has 0 saturated carbocycles. The molecular weight excluding hydrogens is 486 g/mol. The first kappa shape index (κ1) is 26.5. The Morgan fingerprint density at radius 2 is 1.71 bits per heavy atom. The van der Waals surface area contributed by atoms with E-state index in [0.29, 0.717) is 48.2 Å². The van der Waals surface area contributed by atoms with Crippen LogP contribution >= 0.6 is 0 Å². The van der Waals surface area contributed by atoms with Gasteiger partial charge in [0.25, 0.3) is 5.91 Å². The molecule has 0 spiro atoms. The van der Waals surface area contributed by atoms with Gasteiger partial charge in [0.05, 0.1) is 26.3 Å². The fourth-order valence-corrected chi connectivity index (χ4v) is 3.59. The highest BCUT2D eigenvalue weighted by atomic mass is 16.5. The van der Waals surface area contributed by atoms with Crippen LogP contribution in [0.5, 0.6) is 5.75 Å². The third-order valence-electron chi connectivity index (χ3n) is 5.50. The number of morpholine rings is 1. The molecule has 4 N–H and O–H groups in total. The number of azo groups is 1. The van der Waals surface area contributed by atoms with E-state index < -0.39 is 5.91 Å². The van der Waals surface area contributed by atoms with Crippen LogP contribution in [0.4, 0.5) is 23.0 Å². The highest BCUT2D eigenvalue weighted by Crippen LogP contribution is 2.31. The van der Waals surface area contributed by atoms with Crippen LogP contribution in [0.25, 0.3) is 0 Å². The largest absolute Gasteiger partial charge is 0.459 e. The molecule has 2 aromatic carbocycles. The summed E-state index contributed by atoms with van der Waals surface area (Å²) >= 11 is 0. The Kier molecular flexibility index (Phi) is 9.11. The van der Waals surface area contributed by atoms with Crippen LogP contribution in [0.3, 0.4) is 0 Å². The monoisotopic (exact) mass is 515 g/mol. The molecule has 38 heavy (non-hydrogen) atoms. The maximum Gasteiger partial charge on any atom is 0.251 e. The van der Waals surface area contributed by atoms with Gasteiger partial charge < -0.3 is 25.8 Å². The Morgan fingerprint density at radius 3 is 2.47 bits per heavy atom. The fourth-order valence-electron chi connectivity index (χ4n) is 3.59. The lowest BCUT2D eigenvalue weighted by atomic mass is 10.2. The molecule has 1 aromatic heterocycles. The zero-order valence-corrected chi connectivity index (χ0v) is 20.8. The third kappa shape index (κ3) is 7.69. The lowest BCUT2D eigenvalue weighted by Gasteiger charge is -2.27. The number of nitrogens with two attached hydrogens (primary N) is 1. The van der Waals surface area contributed by atoms with Crippen molar-refractivity contribution >= 4 is 34.8 Å². The van der Waals surface area contributed by atoms with Gasteiger partial charge in [-0.05, 0) is 36.4 Å². The van der Waals surface area contributed by atoms with Crippen molar-refractivity contribution in [1.82, 2.24) is 15.2 Å². The van der Waals surface area contributed by atoms with Crippen molar-refractivity contribution in [2.75, 3.05) is 50.4 Å². The molecule has 0 radical (unpaired) electrons. The highest BCUT2D eigenvalue weighted by Gasteiger charge is 2.14. The SMILES string of the molecule is C=C(CN1CCOCC1)Oc1ccccc1N=Nc1ccc(NC(=O)CNC(=O)c2ccccc2)nc1N. The normalized spacial score (nSPS) is 13.7. The van der Waals surface area contributed by atoms with E-state index >= 15 is 0 Å². The van der Waals surface area contributed by atoms with E-state index in [9.17, 15) is 9.59 Å². The lowest BCUT2D eigenvalue weighted by molar-refractivity contribution is -0.115. The molecule has 4 rings (SSSR count). The van der Waals surface area contributed by atoms with Crippen molar-refractivity contribution in [3.63, 3.8) is 0 Å². The molecule has 0 bridgehead atoms. The van der Waals surface area contributed by atoms with Crippen LogP contribution in [0, 0.1) is 0 Å². The number of rotatable bonds is 10. The van der Waals surface area contributed by atoms with E-state index in [4.69, 9.17) is 15.2 Å². The molecule has 11 heteroatoms. The van der Waals surface area contributed by atoms with Gasteiger partial charge in [0.15, 0.2) is 11.6 Å². The molecule has 0 aliphatic carbocycles. The smallest absolute Gasteiger partial charge is 0.251 e. The van der Waals surface area contributed by atoms with Gasteiger partial charge in [-0.3, -0.25) is 14.5 Å². The standard InChI is InChI=1S/C27H29N7O4/c1-19(18-34-13-15-37-16-14-34)38-23-10-6-5-9-21(23)32-33-22-11-12-24(31-26(22)28)30-25(35)17-29-27(36)20-7-3-2-4-8-20/h2-12H,1,13-18H2,(H,29,36)(H3,28,30,31,35). The predicted octanol–water partition coefficient (Wildman–Crippen LogP) is 3.67. The minimum Gasteiger partial charge on any atom is -0.459 e. The average molecular weight is 516 g/mol. The molecule has 3 aromatic rings. The Labute approximate surface area is 220 Å². The number of pyridine rings is 1. The number of nitrogens with zero attached hydrogens (tertiary/aromatic N) is 4. The number of carbonyl (C=O) groups is 2. The van der Waals surface area contributed by atoms with Crippen LogP contribution in [0.15, 0.2) is 89.3 Å². The summed E-state index contributed by atoms with van der Waals surface area (Å²) in [6.07, 6.45) is 0. The van der Waals surface area contributed by atoms with Gasteiger partial charge in [0, 0.05) is 18.7 Å². The summed E-state index contributed by atoms with van der Waals surface area (Å²) in [5.41, 5.74) is 7.32. The Bertz CT molecular complexity index is 1310. The van der Waals surface area contributed by atoms with Crippen LogP contribution < -0.4 is 21.1 Å². The lowest BCUT2D eigenvalue weighted by Crippen LogP contribution is -2.37. The van der Waals surface area contributed by atoms with Crippen molar-refractivity contribution in [1.29, 1.82) is 0 Å². The highest BCUT2D eigenvalue weighted by molar-refractivity contribution is 5.99. The van der Waals surface area contributed by atoms with E-state index in [0.717, 1.165) is 13.1 Å². The summed E-state index contributed by atoms with van der Waals surface area (Å²) in [5.74, 6) is 0.619. The molecule has 1 aliphatic heterocycles. The van der Waals surface area contributed by atoms with Gasteiger partial charge in [0.1, 0.15) is 23.0 Å². The average Bonchev–Trinajstić information content (AvgIpc) is 2.93. The first-order chi connectivity index (χ1) is 18.5. The number of aromatic nitrogens is 1. The number of ether oxygens (including phenoxy) is 2. The summed E-state index contributed by atoms with van der Waals surface area (Å²) < 4.78 is 11.3. The summed E-state index contributed by atoms with van der Waals surface area (Å²) in [4.78, 5) is 30.7. The van der Waals surface area contributed by atoms with E-state index in [1.54, 1.807) is 54.6 Å². The molecule has 1 saturated heterocycles. The fraction of sp³-hybridized carbons (Fsp3) is 0.222. The Balaban J connectivity index is 1.32. The molecule has 196 valence electrons. The minimum absolute atomic E-state index is 0.0787. The number of amides is 2. The van der Waals surface area contributed by atoms with Gasteiger partial charge in [-0.2, -0.15) is 0 Å². The summed E-state index contributed by atoms with van der Waals surface area (Å²) in [6, 6.07) is 19.0. The molecule has 1 fully saturated rings. The van der Waals surface area contributed by atoms with E-state index in [1.165, 1.54) is 0 Å². The van der Waals surface area contributed by atoms with Crippen LogP contribution in [0.2, 0.25) is 0 Å². The van der Waals surface area contributed by atoms with Gasteiger partial charge >= 0.3 is 0 Å². The van der Waals surface area contributed by atoms with Crippen molar-refractivity contribution in [3.05, 3.63) is 84.6 Å². The second-order valence-corrected chi connectivity index (χ2v) is 8.39. The van der Waals surface area contributed by atoms with Gasteiger partial charge in [-0.1, -0.05) is 36.9 Å². The summed E-state index contributed by atoms with van der Waals surface area (Å²) in [5, 5.41) is 13.6. The van der Waals surface area contributed by atoms with Gasteiger partial charge in [-0.25, -0.2) is 4.98 Å². The van der Waals surface area contributed by atoms with Crippen LogP contribution in [0.1, 0.15) is 10.4 Å². The minimum atomic E-state index is -0.445. The summed E-state index contributed by atoms with van der Waals surface area (Å²) in [7, 11) is 0. The first-order valence-corrected chi connectivity index (χ1v) is 12.0. The van der Waals surface area contributed by atoms with Gasteiger partial charge in [0.2, 0.25) is 5.91 Å². The number of carbonyl (C=O) groups excluding carboxylic acids is 2. The maximum absolute atomic E-state index is 12.2. The van der Waals surface area contributed by atoms with Crippen molar-refractivity contribution in [2.45, 2.75) is 0 Å². The molecule has 11 nitrogen and oxygen atoms in total. The molecular formula is C27H29N7O4. The number of anilines is 2. The van der Waals surface area contributed by atoms with Crippen LogP contribution in [-0.2, 0) is 9.53 Å². The number of benzene rings is 2. The summed E-state index contributed by atoms with van der Waals surface area (Å²) in [6.45, 7) is 7.45. The molecule has 0 unspecified atom stereocenters. The molecule has 1 aliphatic rings. The number of hydrogen-bond donors (Lipinski definition) is 3. The Hall–Kier alpha value is -4.61. The quantitative estimate of drug-likeness (QED) is 0.276. The predicted molar refractivity (Wildman–Crippen MR) is 144 cm³/mol. The number of nitrogen functional groups attached to an aromatic ring is 1. The number of para-hydroxylation sites is 1. The second-order valence-electron chi connectivity index (χ2n) is 8.39. The number of nitrogens with one attached hydrogen (secondary N) is 2. The zero-order chi connectivity index (χ0) is 26.7. The second kappa shape index (κ2) is 13.1. The third-order valence-corrected chi connectivity index (χ3v) is 5.50. The van der Waals surface area contributed by atoms with Gasteiger partial charge in [-0.15, -0.1) is 10.2 Å². The molecule has 0 atom stereocenters. The Morgan fingerprint density at radius 1 is 1.00 bits per heavy atom. The topological polar surface area (TPSA) is 144 Å². The molecule has 2 heterocycles. The van der Waals surface area contributed by atoms with E-state index in [1.807, 2.05) is 12.1 Å². The van der Waals surface area contributed by atoms with Crippen LogP contribution in [-0.4, -0.2) is 61.1 Å². The van der Waals surface area contributed by atoms with E-state index in [2.05, 4.69) is 37.3 Å². The maximum atomic E-state index is 12.2.